The summed E-state index contributed by atoms with van der Waals surface area (Å²) in [4.78, 5) is 7.69. The number of hydrogen-bond donors (Lipinski definition) is 0. The van der Waals surface area contributed by atoms with Crippen molar-refractivity contribution < 1.29 is 0 Å². The van der Waals surface area contributed by atoms with Crippen LogP contribution in [0.1, 0.15) is 42.1 Å². The van der Waals surface area contributed by atoms with Crippen LogP contribution < -0.4 is 4.90 Å². The average Bonchev–Trinajstić information content (AvgIpc) is 3.01. The fraction of sp³-hybridized carbons (Fsp3) is 0.310. The molecular formula is C29H33N3. The Morgan fingerprint density at radius 1 is 0.688 bits per heavy atom. The summed E-state index contributed by atoms with van der Waals surface area (Å²) in [6.45, 7) is 10.8. The van der Waals surface area contributed by atoms with Gasteiger partial charge >= 0.3 is 0 Å². The van der Waals surface area contributed by atoms with Gasteiger partial charge in [-0.3, -0.25) is 4.90 Å². The van der Waals surface area contributed by atoms with Crippen LogP contribution in [0.5, 0.6) is 0 Å². The third-order valence-electron chi connectivity index (χ3n) is 7.03. The van der Waals surface area contributed by atoms with Crippen molar-refractivity contribution in [2.75, 3.05) is 44.2 Å². The van der Waals surface area contributed by atoms with Gasteiger partial charge < -0.3 is 9.80 Å². The van der Waals surface area contributed by atoms with Crippen molar-refractivity contribution in [1.82, 2.24) is 9.80 Å². The molecule has 0 aromatic heterocycles. The largest absolute Gasteiger partial charge is 0.368 e. The smallest absolute Gasteiger partial charge is 0.0614 e. The zero-order valence-corrected chi connectivity index (χ0v) is 19.2. The van der Waals surface area contributed by atoms with E-state index in [1.807, 2.05) is 0 Å². The van der Waals surface area contributed by atoms with Gasteiger partial charge in [-0.25, -0.2) is 0 Å². The minimum atomic E-state index is 0.289. The van der Waals surface area contributed by atoms with Crippen LogP contribution in [0.4, 0.5) is 5.69 Å². The molecule has 0 saturated carbocycles. The summed E-state index contributed by atoms with van der Waals surface area (Å²) in [5.41, 5.74) is 8.28. The second-order valence-corrected chi connectivity index (χ2v) is 8.68. The minimum Gasteiger partial charge on any atom is -0.368 e. The van der Waals surface area contributed by atoms with E-state index in [-0.39, 0.29) is 6.04 Å². The highest BCUT2D eigenvalue weighted by atomic mass is 15.3. The Balaban J connectivity index is 1.53. The Kier molecular flexibility index (Phi) is 6.00. The Morgan fingerprint density at radius 3 is 2.00 bits per heavy atom. The molecule has 1 unspecified atom stereocenters. The molecule has 0 bridgehead atoms. The zero-order valence-electron chi connectivity index (χ0n) is 19.2. The maximum absolute atomic E-state index is 2.60. The molecule has 3 heteroatoms. The SMILES string of the molecule is CCN(CC)C1c2ccccc2C=C(N2CCN(c3ccccc3)CC2)c2ccccc21. The maximum atomic E-state index is 2.60. The van der Waals surface area contributed by atoms with Crippen LogP contribution in [0.15, 0.2) is 78.9 Å². The number of nitrogens with zero attached hydrogens (tertiary/aromatic N) is 3. The number of hydrogen-bond acceptors (Lipinski definition) is 3. The molecule has 0 spiro atoms. The van der Waals surface area contributed by atoms with Gasteiger partial charge in [0.1, 0.15) is 0 Å². The zero-order chi connectivity index (χ0) is 21.9. The summed E-state index contributed by atoms with van der Waals surface area (Å²) in [5.74, 6) is 0. The summed E-state index contributed by atoms with van der Waals surface area (Å²) in [7, 11) is 0. The second-order valence-electron chi connectivity index (χ2n) is 8.68. The van der Waals surface area contributed by atoms with Crippen molar-refractivity contribution in [1.29, 1.82) is 0 Å². The molecule has 1 fully saturated rings. The molecule has 3 aromatic carbocycles. The van der Waals surface area contributed by atoms with E-state index in [2.05, 4.69) is 113 Å². The standard InChI is InChI=1S/C29H33N3/c1-3-30(4-2)29-25-15-9-8-12-23(25)22-28(26-16-10-11-17-27(26)29)32-20-18-31(19-21-32)24-13-6-5-7-14-24/h5-17,22,29H,3-4,18-21H2,1-2H3. The molecule has 1 heterocycles. The lowest BCUT2D eigenvalue weighted by molar-refractivity contribution is 0.250. The molecule has 1 aliphatic carbocycles. The van der Waals surface area contributed by atoms with Gasteiger partial charge in [-0.2, -0.15) is 0 Å². The number of piperazine rings is 1. The van der Waals surface area contributed by atoms with Crippen molar-refractivity contribution in [3.63, 3.8) is 0 Å². The molecule has 2 aliphatic rings. The molecule has 1 aliphatic heterocycles. The molecule has 0 N–H and O–H groups in total. The lowest BCUT2D eigenvalue weighted by Crippen LogP contribution is -2.45. The van der Waals surface area contributed by atoms with Crippen LogP contribution >= 0.6 is 0 Å². The normalized spacial score (nSPS) is 18.1. The van der Waals surface area contributed by atoms with Gasteiger partial charge in [0.15, 0.2) is 0 Å². The van der Waals surface area contributed by atoms with Crippen LogP contribution in [-0.4, -0.2) is 49.1 Å². The first-order chi connectivity index (χ1) is 15.8. The Labute approximate surface area is 192 Å². The van der Waals surface area contributed by atoms with Crippen LogP contribution in [0.3, 0.4) is 0 Å². The monoisotopic (exact) mass is 423 g/mol. The van der Waals surface area contributed by atoms with Crippen molar-refractivity contribution in [2.45, 2.75) is 19.9 Å². The highest BCUT2D eigenvalue weighted by molar-refractivity contribution is 5.85. The third kappa shape index (κ3) is 3.82. The quantitative estimate of drug-likeness (QED) is 0.517. The molecule has 0 radical (unpaired) electrons. The lowest BCUT2D eigenvalue weighted by Gasteiger charge is -2.39. The van der Waals surface area contributed by atoms with Gasteiger partial charge in [0.2, 0.25) is 0 Å². The third-order valence-corrected chi connectivity index (χ3v) is 7.03. The lowest BCUT2D eigenvalue weighted by atomic mass is 9.92. The van der Waals surface area contributed by atoms with Gasteiger partial charge in [-0.15, -0.1) is 0 Å². The van der Waals surface area contributed by atoms with E-state index in [1.54, 1.807) is 0 Å². The van der Waals surface area contributed by atoms with E-state index in [0.29, 0.717) is 0 Å². The first kappa shape index (κ1) is 20.8. The number of para-hydroxylation sites is 1. The van der Waals surface area contributed by atoms with Gasteiger partial charge in [0, 0.05) is 43.1 Å². The summed E-state index contributed by atoms with van der Waals surface area (Å²) in [6, 6.07) is 29.1. The van der Waals surface area contributed by atoms with E-state index in [1.165, 1.54) is 33.6 Å². The van der Waals surface area contributed by atoms with Crippen molar-refractivity contribution in [3.8, 4) is 0 Å². The highest BCUT2D eigenvalue weighted by Gasteiger charge is 2.30. The van der Waals surface area contributed by atoms with E-state index in [9.17, 15) is 0 Å². The average molecular weight is 424 g/mol. The number of fused-ring (bicyclic) bond motifs is 2. The predicted molar refractivity (Wildman–Crippen MR) is 136 cm³/mol. The Hall–Kier alpha value is -3.04. The Bertz CT molecular complexity index is 1080. The molecule has 1 saturated heterocycles. The number of benzene rings is 3. The van der Waals surface area contributed by atoms with Crippen LogP contribution in [-0.2, 0) is 0 Å². The molecule has 3 nitrogen and oxygen atoms in total. The summed E-state index contributed by atoms with van der Waals surface area (Å²) in [6.07, 6.45) is 2.44. The summed E-state index contributed by atoms with van der Waals surface area (Å²) in [5, 5.41) is 0. The van der Waals surface area contributed by atoms with E-state index < -0.39 is 0 Å². The van der Waals surface area contributed by atoms with Crippen LogP contribution in [0, 0.1) is 0 Å². The van der Waals surface area contributed by atoms with Gasteiger partial charge in [0.25, 0.3) is 0 Å². The minimum absolute atomic E-state index is 0.289. The molecule has 164 valence electrons. The predicted octanol–water partition coefficient (Wildman–Crippen LogP) is 5.75. The van der Waals surface area contributed by atoms with Gasteiger partial charge in [-0.1, -0.05) is 80.6 Å². The fourth-order valence-electron chi connectivity index (χ4n) is 5.34. The molecule has 5 rings (SSSR count). The highest BCUT2D eigenvalue weighted by Crippen LogP contribution is 2.41. The van der Waals surface area contributed by atoms with Crippen molar-refractivity contribution in [3.05, 3.63) is 101 Å². The fourth-order valence-corrected chi connectivity index (χ4v) is 5.34. The number of anilines is 1. The molecular weight excluding hydrogens is 390 g/mol. The van der Waals surface area contributed by atoms with E-state index in [0.717, 1.165) is 39.3 Å². The van der Waals surface area contributed by atoms with Crippen LogP contribution in [0.2, 0.25) is 0 Å². The summed E-state index contributed by atoms with van der Waals surface area (Å²) < 4.78 is 0. The van der Waals surface area contributed by atoms with Crippen molar-refractivity contribution >= 4 is 17.5 Å². The van der Waals surface area contributed by atoms with Gasteiger partial charge in [0.05, 0.1) is 6.04 Å². The summed E-state index contributed by atoms with van der Waals surface area (Å²) >= 11 is 0. The number of rotatable bonds is 5. The first-order valence-electron chi connectivity index (χ1n) is 12.0. The Morgan fingerprint density at radius 2 is 1.28 bits per heavy atom. The first-order valence-corrected chi connectivity index (χ1v) is 12.0. The maximum Gasteiger partial charge on any atom is 0.0614 e. The molecule has 32 heavy (non-hydrogen) atoms. The molecule has 3 aromatic rings. The molecule has 0 amide bonds. The van der Waals surface area contributed by atoms with Crippen molar-refractivity contribution in [2.24, 2.45) is 0 Å². The van der Waals surface area contributed by atoms with E-state index >= 15 is 0 Å². The second kappa shape index (κ2) is 9.22. The van der Waals surface area contributed by atoms with Crippen LogP contribution in [0.25, 0.3) is 11.8 Å². The van der Waals surface area contributed by atoms with Gasteiger partial charge in [-0.05, 0) is 48.0 Å². The molecule has 1 atom stereocenters. The topological polar surface area (TPSA) is 9.72 Å². The van der Waals surface area contributed by atoms with E-state index in [4.69, 9.17) is 0 Å².